The number of hydrogen-bond donors (Lipinski definition) is 3. The predicted octanol–water partition coefficient (Wildman–Crippen LogP) is 3.60. The standard InChI is InChI=1S/C26H28FN7O/c27-22-15-34(19-13-30-14-19)11-10-18(22)12-31-26-23(25(29)32-16-33-26)24(28)17-6-8-21(9-7-17)35-20-4-2-1-3-5-20/h1-9,12,16,18-19,22,28,30H,10-11,13-15H2,(H2,29,32,33)/t18?,22-/m0/s1. The lowest BCUT2D eigenvalue weighted by atomic mass is 9.94. The average molecular weight is 474 g/mol. The molecule has 0 saturated carbocycles. The number of anilines is 1. The van der Waals surface area contributed by atoms with Crippen molar-refractivity contribution in [1.82, 2.24) is 20.2 Å². The van der Waals surface area contributed by atoms with Crippen molar-refractivity contribution in [2.24, 2.45) is 10.9 Å². The SMILES string of the molecule is N=C(c1ccc(Oc2ccccc2)cc1)c1c(N)ncnc1N=CC1CCN(C2CNC2)C[C@@H]1F. The second-order valence-corrected chi connectivity index (χ2v) is 8.83. The number of alkyl halides is 1. The van der Waals surface area contributed by atoms with Crippen LogP contribution in [0.3, 0.4) is 0 Å². The number of aliphatic imine (C=N–C) groups is 1. The van der Waals surface area contributed by atoms with E-state index in [1.165, 1.54) is 6.33 Å². The number of hydrogen-bond acceptors (Lipinski definition) is 8. The van der Waals surface area contributed by atoms with Gasteiger partial charge >= 0.3 is 0 Å². The number of piperidine rings is 1. The van der Waals surface area contributed by atoms with Gasteiger partial charge < -0.3 is 15.8 Å². The van der Waals surface area contributed by atoms with Gasteiger partial charge in [0.05, 0.1) is 11.3 Å². The van der Waals surface area contributed by atoms with Crippen molar-refractivity contribution in [1.29, 1.82) is 5.41 Å². The number of halogens is 1. The van der Waals surface area contributed by atoms with Crippen molar-refractivity contribution in [2.75, 3.05) is 31.9 Å². The fourth-order valence-corrected chi connectivity index (χ4v) is 4.33. The fraction of sp³-hybridized carbons (Fsp3) is 0.308. The van der Waals surface area contributed by atoms with Crippen LogP contribution in [-0.4, -0.2) is 65.2 Å². The van der Waals surface area contributed by atoms with Gasteiger partial charge in [-0.25, -0.2) is 19.4 Å². The van der Waals surface area contributed by atoms with Crippen molar-refractivity contribution in [3.05, 3.63) is 72.1 Å². The van der Waals surface area contributed by atoms with Crippen molar-refractivity contribution in [3.63, 3.8) is 0 Å². The smallest absolute Gasteiger partial charge is 0.166 e. The molecule has 0 amide bonds. The number of aromatic nitrogens is 2. The molecule has 5 rings (SSSR count). The molecule has 2 saturated heterocycles. The van der Waals surface area contributed by atoms with Gasteiger partial charge in [0.2, 0.25) is 0 Å². The summed E-state index contributed by atoms with van der Waals surface area (Å²) in [5.74, 6) is 1.51. The number of nitrogens with one attached hydrogen (secondary N) is 2. The summed E-state index contributed by atoms with van der Waals surface area (Å²) in [5.41, 5.74) is 7.22. The highest BCUT2D eigenvalue weighted by molar-refractivity contribution is 6.16. The van der Waals surface area contributed by atoms with Crippen LogP contribution in [0.4, 0.5) is 16.0 Å². The van der Waals surface area contributed by atoms with Crippen molar-refractivity contribution in [3.8, 4) is 11.5 Å². The van der Waals surface area contributed by atoms with Gasteiger partial charge in [-0.2, -0.15) is 0 Å². The number of nitrogen functional groups attached to an aromatic ring is 1. The minimum atomic E-state index is -0.993. The zero-order chi connectivity index (χ0) is 24.2. The van der Waals surface area contributed by atoms with E-state index in [4.69, 9.17) is 15.9 Å². The van der Waals surface area contributed by atoms with Gasteiger partial charge in [-0.3, -0.25) is 10.3 Å². The second kappa shape index (κ2) is 10.3. The molecule has 2 aromatic carbocycles. The molecule has 2 aliphatic heterocycles. The molecule has 0 bridgehead atoms. The maximum absolute atomic E-state index is 14.9. The molecular weight excluding hydrogens is 445 g/mol. The maximum atomic E-state index is 14.9. The first-order valence-electron chi connectivity index (χ1n) is 11.7. The van der Waals surface area contributed by atoms with Gasteiger partial charge in [0, 0.05) is 43.4 Å². The first kappa shape index (κ1) is 23.1. The highest BCUT2D eigenvalue weighted by atomic mass is 19.1. The Hall–Kier alpha value is -3.69. The van der Waals surface area contributed by atoms with Crippen LogP contribution in [0, 0.1) is 11.3 Å². The third kappa shape index (κ3) is 5.21. The molecule has 3 heterocycles. The summed E-state index contributed by atoms with van der Waals surface area (Å²) in [6, 6.07) is 17.1. The summed E-state index contributed by atoms with van der Waals surface area (Å²) in [5, 5.41) is 12.0. The quantitative estimate of drug-likeness (QED) is 0.452. The average Bonchev–Trinajstić information content (AvgIpc) is 2.83. The number of ether oxygens (including phenoxy) is 1. The van der Waals surface area contributed by atoms with Crippen LogP contribution in [0.15, 0.2) is 65.9 Å². The van der Waals surface area contributed by atoms with E-state index in [-0.39, 0.29) is 23.3 Å². The second-order valence-electron chi connectivity index (χ2n) is 8.83. The van der Waals surface area contributed by atoms with E-state index in [2.05, 4.69) is 25.2 Å². The van der Waals surface area contributed by atoms with Gasteiger partial charge in [-0.05, 0) is 49.4 Å². The lowest BCUT2D eigenvalue weighted by molar-refractivity contribution is 0.0586. The highest BCUT2D eigenvalue weighted by Gasteiger charge is 2.34. The number of likely N-dealkylation sites (tertiary alicyclic amines) is 1. The van der Waals surface area contributed by atoms with Crippen LogP contribution < -0.4 is 15.8 Å². The molecule has 8 nitrogen and oxygen atoms in total. The van der Waals surface area contributed by atoms with Crippen molar-refractivity contribution < 1.29 is 9.13 Å². The van der Waals surface area contributed by atoms with E-state index in [1.54, 1.807) is 30.5 Å². The van der Waals surface area contributed by atoms with E-state index < -0.39 is 6.17 Å². The van der Waals surface area contributed by atoms with Crippen molar-refractivity contribution in [2.45, 2.75) is 18.6 Å². The molecule has 0 radical (unpaired) electrons. The molecule has 180 valence electrons. The zero-order valence-electron chi connectivity index (χ0n) is 19.3. The maximum Gasteiger partial charge on any atom is 0.166 e. The van der Waals surface area contributed by atoms with Crippen LogP contribution in [0.5, 0.6) is 11.5 Å². The summed E-state index contributed by atoms with van der Waals surface area (Å²) in [4.78, 5) is 15.0. The summed E-state index contributed by atoms with van der Waals surface area (Å²) < 4.78 is 20.7. The third-order valence-electron chi connectivity index (χ3n) is 6.52. The van der Waals surface area contributed by atoms with Crippen LogP contribution >= 0.6 is 0 Å². The number of nitrogens with two attached hydrogens (primary N) is 1. The van der Waals surface area contributed by atoms with Crippen LogP contribution in [-0.2, 0) is 0 Å². The normalized spacial score (nSPS) is 21.1. The van der Waals surface area contributed by atoms with Gasteiger partial charge in [0.25, 0.3) is 0 Å². The van der Waals surface area contributed by atoms with Crippen LogP contribution in [0.2, 0.25) is 0 Å². The van der Waals surface area contributed by atoms with E-state index in [0.29, 0.717) is 35.9 Å². The number of benzene rings is 2. The Balaban J connectivity index is 1.30. The summed E-state index contributed by atoms with van der Waals surface area (Å²) in [6.07, 6.45) is 2.63. The molecule has 1 unspecified atom stereocenters. The Morgan fingerprint density at radius 3 is 2.54 bits per heavy atom. The van der Waals surface area contributed by atoms with E-state index in [0.717, 1.165) is 25.4 Å². The summed E-state index contributed by atoms with van der Waals surface area (Å²) in [6.45, 7) is 3.11. The summed E-state index contributed by atoms with van der Waals surface area (Å²) >= 11 is 0. The summed E-state index contributed by atoms with van der Waals surface area (Å²) in [7, 11) is 0. The predicted molar refractivity (Wildman–Crippen MR) is 135 cm³/mol. The van der Waals surface area contributed by atoms with E-state index in [9.17, 15) is 4.39 Å². The molecule has 0 aliphatic carbocycles. The Morgan fingerprint density at radius 1 is 1.11 bits per heavy atom. The van der Waals surface area contributed by atoms with Gasteiger partial charge in [0.15, 0.2) is 5.82 Å². The molecule has 2 aliphatic rings. The number of nitrogens with zero attached hydrogens (tertiary/aromatic N) is 4. The largest absolute Gasteiger partial charge is 0.457 e. The molecule has 1 aromatic heterocycles. The van der Waals surface area contributed by atoms with Crippen molar-refractivity contribution >= 4 is 23.6 Å². The number of rotatable bonds is 7. The highest BCUT2D eigenvalue weighted by Crippen LogP contribution is 2.28. The molecule has 0 spiro atoms. The topological polar surface area (TPSA) is 113 Å². The van der Waals surface area contributed by atoms with Gasteiger partial charge in [-0.15, -0.1) is 0 Å². The molecule has 35 heavy (non-hydrogen) atoms. The fourth-order valence-electron chi connectivity index (χ4n) is 4.33. The molecular formula is C26H28FN7O. The van der Waals surface area contributed by atoms with Crippen LogP contribution in [0.1, 0.15) is 17.5 Å². The van der Waals surface area contributed by atoms with Crippen LogP contribution in [0.25, 0.3) is 0 Å². The van der Waals surface area contributed by atoms with E-state index in [1.807, 2.05) is 30.3 Å². The first-order chi connectivity index (χ1) is 17.1. The molecule has 2 fully saturated rings. The molecule has 3 aromatic rings. The lowest BCUT2D eigenvalue weighted by Crippen LogP contribution is -2.60. The molecule has 2 atom stereocenters. The van der Waals surface area contributed by atoms with Gasteiger partial charge in [0.1, 0.15) is 29.8 Å². The minimum Gasteiger partial charge on any atom is -0.457 e. The molecule has 4 N–H and O–H groups in total. The monoisotopic (exact) mass is 473 g/mol. The molecule has 9 heteroatoms. The Kier molecular flexibility index (Phi) is 6.78. The Morgan fingerprint density at radius 2 is 1.86 bits per heavy atom. The number of para-hydroxylation sites is 1. The lowest BCUT2D eigenvalue weighted by Gasteiger charge is -2.42. The van der Waals surface area contributed by atoms with E-state index >= 15 is 0 Å². The Bertz CT molecular complexity index is 1200. The minimum absolute atomic E-state index is 0.144. The third-order valence-corrected chi connectivity index (χ3v) is 6.52. The zero-order valence-corrected chi connectivity index (χ0v) is 19.3. The first-order valence-corrected chi connectivity index (χ1v) is 11.7. The van der Waals surface area contributed by atoms with Gasteiger partial charge in [-0.1, -0.05) is 18.2 Å². The Labute approximate surface area is 203 Å².